The lowest BCUT2D eigenvalue weighted by atomic mass is 9.96. The van der Waals surface area contributed by atoms with E-state index in [0.717, 1.165) is 11.5 Å². The lowest BCUT2D eigenvalue weighted by Gasteiger charge is -2.28. The zero-order valence-corrected chi connectivity index (χ0v) is 17.3. The second kappa shape index (κ2) is 7.63. The molecule has 1 N–H and O–H groups in total. The van der Waals surface area contributed by atoms with Crippen LogP contribution >= 0.6 is 11.8 Å². The number of benzene rings is 1. The Bertz CT molecular complexity index is 904. The molecule has 146 valence electrons. The van der Waals surface area contributed by atoms with Gasteiger partial charge in [0.15, 0.2) is 9.84 Å². The highest BCUT2D eigenvalue weighted by Gasteiger charge is 2.35. The molecule has 3 rings (SSSR count). The quantitative estimate of drug-likeness (QED) is 0.763. The molecule has 0 unspecified atom stereocenters. The van der Waals surface area contributed by atoms with Crippen LogP contribution in [0.5, 0.6) is 0 Å². The summed E-state index contributed by atoms with van der Waals surface area (Å²) < 4.78 is 23.8. The first kappa shape index (κ1) is 19.9. The summed E-state index contributed by atoms with van der Waals surface area (Å²) in [4.78, 5) is 19.0. The molecule has 7 nitrogen and oxygen atoms in total. The van der Waals surface area contributed by atoms with Crippen molar-refractivity contribution >= 4 is 33.2 Å². The van der Waals surface area contributed by atoms with Gasteiger partial charge in [-0.3, -0.25) is 9.89 Å². The van der Waals surface area contributed by atoms with Crippen LogP contribution in [0.2, 0.25) is 0 Å². The van der Waals surface area contributed by atoms with Gasteiger partial charge < -0.3 is 4.90 Å². The number of carbonyl (C=O) groups excluding carboxylic acids is 1. The fourth-order valence-corrected chi connectivity index (χ4v) is 5.33. The van der Waals surface area contributed by atoms with Gasteiger partial charge in [0.05, 0.1) is 23.3 Å². The lowest BCUT2D eigenvalue weighted by Crippen LogP contribution is -2.42. The third-order valence-electron chi connectivity index (χ3n) is 4.38. The van der Waals surface area contributed by atoms with Crippen LogP contribution in [0.3, 0.4) is 0 Å². The van der Waals surface area contributed by atoms with E-state index in [-0.39, 0.29) is 34.6 Å². The molecule has 0 bridgehead atoms. The number of anilines is 1. The maximum atomic E-state index is 13.0. The van der Waals surface area contributed by atoms with E-state index in [1.54, 1.807) is 4.90 Å². The number of hydrogen-bond donors (Lipinski definition) is 1. The topological polar surface area (TPSA) is 96.0 Å². The minimum Gasteiger partial charge on any atom is -0.308 e. The Labute approximate surface area is 163 Å². The third-order valence-corrected chi connectivity index (χ3v) is 6.96. The Morgan fingerprint density at radius 2 is 2.00 bits per heavy atom. The first-order chi connectivity index (χ1) is 12.7. The van der Waals surface area contributed by atoms with Gasteiger partial charge in [-0.2, -0.15) is 0 Å². The minimum atomic E-state index is -3.09. The molecule has 1 saturated heterocycles. The molecule has 1 amide bonds. The molecule has 2 heterocycles. The van der Waals surface area contributed by atoms with Crippen molar-refractivity contribution in [1.29, 1.82) is 0 Å². The SMILES string of the molecule is CC(C)(C)c1nc(SCC(=O)N(c2ccccc2)[C@@H]2CCS(=O)(=O)C2)n[nH]1. The molecule has 0 aliphatic carbocycles. The Kier molecular flexibility index (Phi) is 5.62. The Morgan fingerprint density at radius 1 is 1.30 bits per heavy atom. The first-order valence-corrected chi connectivity index (χ1v) is 11.6. The molecule has 1 aromatic carbocycles. The summed E-state index contributed by atoms with van der Waals surface area (Å²) in [5.74, 6) is 0.895. The molecule has 27 heavy (non-hydrogen) atoms. The second-order valence-corrected chi connectivity index (χ2v) is 10.8. The molecule has 9 heteroatoms. The lowest BCUT2D eigenvalue weighted by molar-refractivity contribution is -0.116. The van der Waals surface area contributed by atoms with E-state index < -0.39 is 9.84 Å². The first-order valence-electron chi connectivity index (χ1n) is 8.79. The van der Waals surface area contributed by atoms with Crippen molar-refractivity contribution in [2.75, 3.05) is 22.2 Å². The van der Waals surface area contributed by atoms with Crippen LogP contribution in [0, 0.1) is 0 Å². The molecule has 0 radical (unpaired) electrons. The van der Waals surface area contributed by atoms with Gasteiger partial charge in [-0.15, -0.1) is 5.10 Å². The molecule has 1 aromatic heterocycles. The molecular weight excluding hydrogens is 384 g/mol. The Balaban J connectivity index is 1.74. The van der Waals surface area contributed by atoms with E-state index in [0.29, 0.717) is 11.6 Å². The molecule has 1 fully saturated rings. The van der Waals surface area contributed by atoms with E-state index in [1.807, 2.05) is 51.1 Å². The van der Waals surface area contributed by atoms with Crippen molar-refractivity contribution in [3.05, 3.63) is 36.2 Å². The van der Waals surface area contributed by atoms with Crippen molar-refractivity contribution in [2.24, 2.45) is 0 Å². The third kappa shape index (κ3) is 4.90. The number of aromatic amines is 1. The number of hydrogen-bond acceptors (Lipinski definition) is 6. The average molecular weight is 409 g/mol. The van der Waals surface area contributed by atoms with Crippen LogP contribution in [0.15, 0.2) is 35.5 Å². The van der Waals surface area contributed by atoms with E-state index in [1.165, 1.54) is 11.8 Å². The van der Waals surface area contributed by atoms with Gasteiger partial charge in [0.2, 0.25) is 11.1 Å². The zero-order chi connectivity index (χ0) is 19.7. The van der Waals surface area contributed by atoms with E-state index in [2.05, 4.69) is 15.2 Å². The second-order valence-electron chi connectivity index (χ2n) is 7.66. The van der Waals surface area contributed by atoms with Gasteiger partial charge >= 0.3 is 0 Å². The van der Waals surface area contributed by atoms with Gasteiger partial charge in [-0.05, 0) is 18.6 Å². The van der Waals surface area contributed by atoms with Gasteiger partial charge in [-0.1, -0.05) is 50.7 Å². The summed E-state index contributed by atoms with van der Waals surface area (Å²) in [6.07, 6.45) is 0.461. The molecule has 1 aliphatic rings. The number of rotatable bonds is 5. The van der Waals surface area contributed by atoms with E-state index in [4.69, 9.17) is 0 Å². The maximum Gasteiger partial charge on any atom is 0.237 e. The van der Waals surface area contributed by atoms with Gasteiger partial charge in [0.1, 0.15) is 5.82 Å². The van der Waals surface area contributed by atoms with Gasteiger partial charge in [0.25, 0.3) is 0 Å². The van der Waals surface area contributed by atoms with Crippen molar-refractivity contribution in [1.82, 2.24) is 15.2 Å². The fraction of sp³-hybridized carbons (Fsp3) is 0.500. The maximum absolute atomic E-state index is 13.0. The smallest absolute Gasteiger partial charge is 0.237 e. The van der Waals surface area contributed by atoms with Crippen LogP contribution in [0.25, 0.3) is 0 Å². The summed E-state index contributed by atoms with van der Waals surface area (Å²) in [5.41, 5.74) is 0.569. The zero-order valence-electron chi connectivity index (χ0n) is 15.7. The number of aromatic nitrogens is 3. The number of sulfone groups is 1. The van der Waals surface area contributed by atoms with Crippen molar-refractivity contribution in [3.8, 4) is 0 Å². The number of H-pyrrole nitrogens is 1. The van der Waals surface area contributed by atoms with E-state index >= 15 is 0 Å². The van der Waals surface area contributed by atoms with Crippen LogP contribution in [0.1, 0.15) is 33.0 Å². The van der Waals surface area contributed by atoms with Crippen molar-refractivity contribution in [3.63, 3.8) is 0 Å². The highest BCUT2D eigenvalue weighted by Crippen LogP contribution is 2.27. The summed E-state index contributed by atoms with van der Waals surface area (Å²) in [6.45, 7) is 6.10. The predicted octanol–water partition coefficient (Wildman–Crippen LogP) is 2.41. The van der Waals surface area contributed by atoms with Crippen LogP contribution in [-0.2, 0) is 20.0 Å². The number of nitrogens with one attached hydrogen (secondary N) is 1. The number of nitrogens with zero attached hydrogens (tertiary/aromatic N) is 3. The highest BCUT2D eigenvalue weighted by atomic mass is 32.2. The summed E-state index contributed by atoms with van der Waals surface area (Å²) >= 11 is 1.25. The number of para-hydroxylation sites is 1. The normalized spacial score (nSPS) is 19.1. The molecule has 0 spiro atoms. The number of thioether (sulfide) groups is 1. The standard InChI is InChI=1S/C18H24N4O3S2/c1-18(2,3)16-19-17(21-20-16)26-11-15(23)22(13-7-5-4-6-8-13)14-9-10-27(24,25)12-14/h4-8,14H,9-12H2,1-3H3,(H,19,20,21)/t14-/m1/s1. The summed E-state index contributed by atoms with van der Waals surface area (Å²) in [5, 5.41) is 7.59. The van der Waals surface area contributed by atoms with Crippen molar-refractivity contribution in [2.45, 2.75) is 43.8 Å². The van der Waals surface area contributed by atoms with E-state index in [9.17, 15) is 13.2 Å². The summed E-state index contributed by atoms with van der Waals surface area (Å²) in [7, 11) is -3.09. The van der Waals surface area contributed by atoms with Gasteiger partial charge in [-0.25, -0.2) is 13.4 Å². The largest absolute Gasteiger partial charge is 0.308 e. The average Bonchev–Trinajstić information content (AvgIpc) is 3.21. The molecule has 2 aromatic rings. The fourth-order valence-electron chi connectivity index (χ4n) is 2.97. The monoisotopic (exact) mass is 408 g/mol. The summed E-state index contributed by atoms with van der Waals surface area (Å²) in [6, 6.07) is 8.89. The minimum absolute atomic E-state index is 0.00707. The van der Waals surface area contributed by atoms with Crippen LogP contribution in [0.4, 0.5) is 5.69 Å². The molecule has 1 atom stereocenters. The Hall–Kier alpha value is -1.87. The highest BCUT2D eigenvalue weighted by molar-refractivity contribution is 7.99. The van der Waals surface area contributed by atoms with Gasteiger partial charge in [0, 0.05) is 11.1 Å². The molecular formula is C18H24N4O3S2. The Morgan fingerprint density at radius 3 is 2.56 bits per heavy atom. The van der Waals surface area contributed by atoms with Crippen LogP contribution in [-0.4, -0.2) is 52.8 Å². The number of amides is 1. The molecule has 0 saturated carbocycles. The number of carbonyl (C=O) groups is 1. The predicted molar refractivity (Wildman–Crippen MR) is 107 cm³/mol. The van der Waals surface area contributed by atoms with Crippen molar-refractivity contribution < 1.29 is 13.2 Å². The van der Waals surface area contributed by atoms with Crippen LogP contribution < -0.4 is 4.90 Å². The molecule has 1 aliphatic heterocycles.